The smallest absolute Gasteiger partial charge is 0.318 e. The molecule has 4 aromatic heterocycles. The van der Waals surface area contributed by atoms with Crippen LogP contribution in [0.5, 0.6) is 0 Å². The van der Waals surface area contributed by atoms with Crippen LogP contribution in [-0.2, 0) is 9.05 Å². The SMILES string of the molecule is C=C\C=C/C(C)=C(C)/C(/C=C(/C=C\C1=CCC=CC=C1)OP(n1cccc1)n1ccc2ccccc21)=C(\C=C)OP(n1cccc1)n1ccc2ccccc21.CC. The molecule has 0 N–H and O–H groups in total. The van der Waals surface area contributed by atoms with Crippen molar-refractivity contribution in [2.75, 3.05) is 0 Å². The number of nitrogens with zero attached hydrogens (tertiary/aromatic N) is 4. The highest BCUT2D eigenvalue weighted by molar-refractivity contribution is 7.50. The van der Waals surface area contributed by atoms with E-state index in [-0.39, 0.29) is 0 Å². The molecule has 1 aliphatic rings. The number of fused-ring (bicyclic) bond motifs is 2. The first-order chi connectivity index (χ1) is 28.0. The first-order valence-corrected chi connectivity index (χ1v) is 21.5. The number of rotatable bonds is 15. The lowest BCUT2D eigenvalue weighted by Crippen LogP contribution is -2.05. The number of para-hydroxylation sites is 2. The normalized spacial score (nSPS) is 15.1. The molecule has 0 fully saturated rings. The van der Waals surface area contributed by atoms with E-state index in [2.05, 4.69) is 184 Å². The molecular formula is C49H50N4O2P2. The van der Waals surface area contributed by atoms with Crippen LogP contribution < -0.4 is 0 Å². The molecule has 57 heavy (non-hydrogen) atoms. The monoisotopic (exact) mass is 788 g/mol. The summed E-state index contributed by atoms with van der Waals surface area (Å²) in [5.41, 5.74) is 6.19. The van der Waals surface area contributed by atoms with Crippen LogP contribution in [0.4, 0.5) is 0 Å². The van der Waals surface area contributed by atoms with Crippen molar-refractivity contribution in [2.45, 2.75) is 34.1 Å². The molecule has 0 amide bonds. The Morgan fingerprint density at radius 1 is 0.684 bits per heavy atom. The van der Waals surface area contributed by atoms with Crippen molar-refractivity contribution in [3.63, 3.8) is 0 Å². The average molecular weight is 789 g/mol. The van der Waals surface area contributed by atoms with Crippen molar-refractivity contribution in [1.29, 1.82) is 0 Å². The lowest BCUT2D eigenvalue weighted by Gasteiger charge is -2.24. The van der Waals surface area contributed by atoms with Crippen molar-refractivity contribution >= 4 is 38.7 Å². The molecule has 0 saturated heterocycles. The van der Waals surface area contributed by atoms with Crippen LogP contribution in [0.15, 0.2) is 242 Å². The van der Waals surface area contributed by atoms with Gasteiger partial charge in [0.2, 0.25) is 0 Å². The van der Waals surface area contributed by atoms with E-state index in [0.717, 1.165) is 50.5 Å². The van der Waals surface area contributed by atoms with Gasteiger partial charge in [0.15, 0.2) is 0 Å². The molecule has 2 atom stereocenters. The maximum Gasteiger partial charge on any atom is 0.318 e. The quantitative estimate of drug-likeness (QED) is 0.0590. The third kappa shape index (κ3) is 9.85. The van der Waals surface area contributed by atoms with Crippen molar-refractivity contribution < 1.29 is 9.05 Å². The number of allylic oxidation sites excluding steroid dienone is 16. The first-order valence-electron chi connectivity index (χ1n) is 19.2. The molecule has 1 aliphatic carbocycles. The molecular weight excluding hydrogens is 739 g/mol. The third-order valence-corrected chi connectivity index (χ3v) is 12.6. The maximum atomic E-state index is 7.23. The van der Waals surface area contributed by atoms with Gasteiger partial charge in [-0.2, -0.15) is 0 Å². The second-order valence-electron chi connectivity index (χ2n) is 12.7. The van der Waals surface area contributed by atoms with Gasteiger partial charge in [0, 0.05) is 53.5 Å². The molecule has 0 bridgehead atoms. The molecule has 0 aliphatic heterocycles. The summed E-state index contributed by atoms with van der Waals surface area (Å²) in [5, 5.41) is 2.29. The second kappa shape index (κ2) is 20.2. The fourth-order valence-electron chi connectivity index (χ4n) is 6.16. The average Bonchev–Trinajstić information content (AvgIpc) is 4.09. The second-order valence-corrected chi connectivity index (χ2v) is 15.9. The van der Waals surface area contributed by atoms with Crippen LogP contribution in [0.1, 0.15) is 34.1 Å². The fourth-order valence-corrected chi connectivity index (χ4v) is 9.48. The van der Waals surface area contributed by atoms with E-state index in [1.54, 1.807) is 6.08 Å². The Bertz CT molecular complexity index is 2530. The van der Waals surface area contributed by atoms with Gasteiger partial charge < -0.3 is 9.05 Å². The van der Waals surface area contributed by atoms with Crippen molar-refractivity contribution in [1.82, 2.24) is 17.4 Å². The molecule has 288 valence electrons. The van der Waals surface area contributed by atoms with Gasteiger partial charge in [-0.25, -0.2) is 0 Å². The highest BCUT2D eigenvalue weighted by atomic mass is 31.2. The highest BCUT2D eigenvalue weighted by Crippen LogP contribution is 2.48. The topological polar surface area (TPSA) is 38.2 Å². The zero-order chi connectivity index (χ0) is 40.0. The van der Waals surface area contributed by atoms with Gasteiger partial charge in [0.05, 0.1) is 11.0 Å². The molecule has 2 unspecified atom stereocenters. The van der Waals surface area contributed by atoms with Crippen LogP contribution >= 0.6 is 16.9 Å². The molecule has 7 rings (SSSR count). The summed E-state index contributed by atoms with van der Waals surface area (Å²) in [6.07, 6.45) is 37.7. The minimum atomic E-state index is -1.42. The van der Waals surface area contributed by atoms with E-state index in [4.69, 9.17) is 9.05 Å². The number of aromatic nitrogens is 4. The Labute approximate surface area is 339 Å². The van der Waals surface area contributed by atoms with Crippen molar-refractivity contribution in [2.24, 2.45) is 0 Å². The van der Waals surface area contributed by atoms with Gasteiger partial charge in [0.1, 0.15) is 11.5 Å². The van der Waals surface area contributed by atoms with Crippen LogP contribution in [0.25, 0.3) is 21.8 Å². The van der Waals surface area contributed by atoms with Crippen molar-refractivity contribution in [3.8, 4) is 0 Å². The van der Waals surface area contributed by atoms with Gasteiger partial charge in [-0.15, -0.1) is 0 Å². The van der Waals surface area contributed by atoms with E-state index >= 15 is 0 Å². The van der Waals surface area contributed by atoms with Crippen LogP contribution in [0.2, 0.25) is 0 Å². The summed E-state index contributed by atoms with van der Waals surface area (Å²) in [6, 6.07) is 29.1. The predicted octanol–water partition coefficient (Wildman–Crippen LogP) is 14.6. The maximum absolute atomic E-state index is 7.23. The predicted molar refractivity (Wildman–Crippen MR) is 245 cm³/mol. The molecule has 0 saturated carbocycles. The lowest BCUT2D eigenvalue weighted by molar-refractivity contribution is 0.467. The van der Waals surface area contributed by atoms with Gasteiger partial charge in [-0.05, 0) is 104 Å². The van der Waals surface area contributed by atoms with E-state index in [0.29, 0.717) is 11.5 Å². The summed E-state index contributed by atoms with van der Waals surface area (Å²) in [4.78, 5) is 0. The van der Waals surface area contributed by atoms with Crippen LogP contribution in [-0.4, -0.2) is 17.4 Å². The van der Waals surface area contributed by atoms with E-state index in [1.165, 1.54) is 0 Å². The standard InChI is InChI=1S/C47H44N4O2P2.C2H6/c1-5-7-20-38(3)39(4)44(47(6-2)53-55(49-33-18-19-34-49)51-36-30-42-24-13-15-26-46(42)51)37-43(28-27-40-21-10-8-9-11-22-40)52-54(48-31-16-17-32-48)50-35-29-41-23-12-14-25-45(41)50;1-2/h5-10,12-37H,1-2,11H2,3-4H3;1-2H3/b20-7-,28-27-,39-38+,43-37-,47-44+;. The molecule has 6 nitrogen and oxygen atoms in total. The molecule has 2 aromatic carbocycles. The Morgan fingerprint density at radius 3 is 1.84 bits per heavy atom. The molecule has 0 spiro atoms. The van der Waals surface area contributed by atoms with Crippen LogP contribution in [0, 0.1) is 0 Å². The first kappa shape index (κ1) is 40.6. The Morgan fingerprint density at radius 2 is 1.26 bits per heavy atom. The third-order valence-electron chi connectivity index (χ3n) is 9.15. The zero-order valence-electron chi connectivity index (χ0n) is 33.1. The Balaban J connectivity index is 0.00000270. The minimum absolute atomic E-state index is 0.630. The highest BCUT2D eigenvalue weighted by Gasteiger charge is 2.23. The number of hydrogen-bond donors (Lipinski definition) is 0. The van der Waals surface area contributed by atoms with Crippen molar-refractivity contribution in [3.05, 3.63) is 242 Å². The molecule has 0 radical (unpaired) electrons. The molecule has 6 aromatic rings. The fraction of sp³-hybridized carbons (Fsp3) is 0.102. The zero-order valence-corrected chi connectivity index (χ0v) is 34.9. The summed E-state index contributed by atoms with van der Waals surface area (Å²) in [7, 11) is -2.84. The van der Waals surface area contributed by atoms with E-state index < -0.39 is 16.9 Å². The lowest BCUT2D eigenvalue weighted by atomic mass is 9.99. The summed E-state index contributed by atoms with van der Waals surface area (Å²) >= 11 is 0. The molecule has 8 heteroatoms. The minimum Gasteiger partial charge on any atom is -0.436 e. The van der Waals surface area contributed by atoms with Gasteiger partial charge in [0.25, 0.3) is 0 Å². The Hall–Kier alpha value is -6.06. The van der Waals surface area contributed by atoms with Gasteiger partial charge >= 0.3 is 16.9 Å². The van der Waals surface area contributed by atoms with Gasteiger partial charge in [-0.1, -0.05) is 118 Å². The summed E-state index contributed by atoms with van der Waals surface area (Å²) in [5.74, 6) is 1.30. The summed E-state index contributed by atoms with van der Waals surface area (Å²) < 4.78 is 23.1. The van der Waals surface area contributed by atoms with E-state index in [1.807, 2.05) is 62.7 Å². The van der Waals surface area contributed by atoms with Gasteiger partial charge in [-0.3, -0.25) is 17.4 Å². The molecule has 4 heterocycles. The number of hydrogen-bond acceptors (Lipinski definition) is 2. The number of benzene rings is 2. The van der Waals surface area contributed by atoms with E-state index in [9.17, 15) is 0 Å². The largest absolute Gasteiger partial charge is 0.436 e. The van der Waals surface area contributed by atoms with Crippen LogP contribution in [0.3, 0.4) is 0 Å². The summed E-state index contributed by atoms with van der Waals surface area (Å²) in [6.45, 7) is 16.4. The Kier molecular flexibility index (Phi) is 14.4.